The molecule has 0 aliphatic heterocycles. The van der Waals surface area contributed by atoms with Crippen LogP contribution in [0.3, 0.4) is 0 Å². The molecule has 6 nitrogen and oxygen atoms in total. The number of nitrogens with one attached hydrogen (secondary N) is 1. The van der Waals surface area contributed by atoms with Crippen molar-refractivity contribution in [3.8, 4) is 23.3 Å². The zero-order valence-corrected chi connectivity index (χ0v) is 19.9. The Morgan fingerprint density at radius 2 is 1.75 bits per heavy atom. The Hall–Kier alpha value is -2.59. The summed E-state index contributed by atoms with van der Waals surface area (Å²) in [5.74, 6) is 2.22. The Kier molecular flexibility index (Phi) is 8.52. The first-order valence-electron chi connectivity index (χ1n) is 9.92. The normalized spacial score (nSPS) is 10.6. The molecule has 0 aliphatic carbocycles. The summed E-state index contributed by atoms with van der Waals surface area (Å²) in [7, 11) is 3.08. The van der Waals surface area contributed by atoms with Crippen LogP contribution < -0.4 is 19.5 Å². The molecule has 3 rings (SSSR count). The number of benzene rings is 2. The van der Waals surface area contributed by atoms with Crippen LogP contribution in [0.1, 0.15) is 24.8 Å². The molecule has 0 radical (unpaired) electrons. The van der Waals surface area contributed by atoms with Gasteiger partial charge in [0.2, 0.25) is 0 Å². The van der Waals surface area contributed by atoms with Crippen LogP contribution in [0.2, 0.25) is 10.0 Å². The second kappa shape index (κ2) is 11.3. The molecule has 0 spiro atoms. The third-order valence-electron chi connectivity index (χ3n) is 4.81. The van der Waals surface area contributed by atoms with Crippen molar-refractivity contribution in [2.75, 3.05) is 32.0 Å². The van der Waals surface area contributed by atoms with E-state index in [9.17, 15) is 5.26 Å². The van der Waals surface area contributed by atoms with E-state index in [1.807, 2.05) is 0 Å². The summed E-state index contributed by atoms with van der Waals surface area (Å²) < 4.78 is 16.7. The molecule has 1 heterocycles. The van der Waals surface area contributed by atoms with Crippen molar-refractivity contribution in [2.24, 2.45) is 0 Å². The van der Waals surface area contributed by atoms with E-state index in [-0.39, 0.29) is 0 Å². The second-order valence-corrected chi connectivity index (χ2v) is 8.06. The van der Waals surface area contributed by atoms with E-state index in [2.05, 4.69) is 16.4 Å². The van der Waals surface area contributed by atoms with Gasteiger partial charge < -0.3 is 19.5 Å². The van der Waals surface area contributed by atoms with Gasteiger partial charge in [0.15, 0.2) is 11.5 Å². The van der Waals surface area contributed by atoms with E-state index in [0.717, 1.165) is 19.3 Å². The Morgan fingerprint density at radius 3 is 2.44 bits per heavy atom. The topological polar surface area (TPSA) is 76.4 Å². The fourth-order valence-corrected chi connectivity index (χ4v) is 3.86. The van der Waals surface area contributed by atoms with E-state index in [0.29, 0.717) is 67.6 Å². The lowest BCUT2D eigenvalue weighted by molar-refractivity contribution is 0.286. The minimum Gasteiger partial charge on any atom is -0.495 e. The maximum Gasteiger partial charge on any atom is 0.163 e. The standard InChI is InChI=1S/C23H22Cl3N3O3/c1-30-20-11-19(16(25)9-17(20)26)29-23-14(12-27)13-28-18-10-22(21(31-2)8-15(18)23)32-7-5-3-4-6-24/h8-11,13H,3-7H2,1-2H3,(H,28,29). The molecule has 0 bridgehead atoms. The van der Waals surface area contributed by atoms with Crippen LogP contribution >= 0.6 is 34.8 Å². The third kappa shape index (κ3) is 5.42. The van der Waals surface area contributed by atoms with Crippen LogP contribution in [0, 0.1) is 11.3 Å². The molecule has 32 heavy (non-hydrogen) atoms. The summed E-state index contributed by atoms with van der Waals surface area (Å²) in [6.07, 6.45) is 4.33. The molecule has 9 heteroatoms. The predicted molar refractivity (Wildman–Crippen MR) is 129 cm³/mol. The van der Waals surface area contributed by atoms with Gasteiger partial charge in [0, 0.05) is 29.6 Å². The van der Waals surface area contributed by atoms with Gasteiger partial charge in [-0.1, -0.05) is 23.2 Å². The summed E-state index contributed by atoms with van der Waals surface area (Å²) in [5, 5.41) is 14.3. The van der Waals surface area contributed by atoms with Crippen molar-refractivity contribution >= 4 is 57.1 Å². The quantitative estimate of drug-likeness (QED) is 0.242. The highest BCUT2D eigenvalue weighted by Crippen LogP contribution is 2.40. The van der Waals surface area contributed by atoms with Gasteiger partial charge in [-0.25, -0.2) is 0 Å². The van der Waals surface area contributed by atoms with Crippen molar-refractivity contribution < 1.29 is 14.2 Å². The average Bonchev–Trinajstić information content (AvgIpc) is 2.80. The molecule has 0 unspecified atom stereocenters. The summed E-state index contributed by atoms with van der Waals surface area (Å²) in [5.41, 5.74) is 2.06. The first-order chi connectivity index (χ1) is 15.5. The number of aromatic nitrogens is 1. The van der Waals surface area contributed by atoms with E-state index in [4.69, 9.17) is 49.0 Å². The lowest BCUT2D eigenvalue weighted by atomic mass is 10.1. The second-order valence-electron chi connectivity index (χ2n) is 6.87. The number of hydrogen-bond acceptors (Lipinski definition) is 6. The Morgan fingerprint density at radius 1 is 0.969 bits per heavy atom. The SMILES string of the molecule is COc1cc(Nc2c(C#N)cnc3cc(OCCCCCCl)c(OC)cc23)c(Cl)cc1Cl. The van der Waals surface area contributed by atoms with E-state index >= 15 is 0 Å². The molecule has 0 saturated heterocycles. The largest absolute Gasteiger partial charge is 0.495 e. The molecular weight excluding hydrogens is 473 g/mol. The number of hydrogen-bond donors (Lipinski definition) is 1. The Bertz CT molecular complexity index is 1150. The van der Waals surface area contributed by atoms with Crippen LogP contribution in [0.5, 0.6) is 17.2 Å². The number of pyridine rings is 1. The van der Waals surface area contributed by atoms with Crippen LogP contribution in [-0.2, 0) is 0 Å². The number of rotatable bonds is 10. The first-order valence-corrected chi connectivity index (χ1v) is 11.2. The van der Waals surface area contributed by atoms with Crippen molar-refractivity contribution in [1.82, 2.24) is 4.98 Å². The van der Waals surface area contributed by atoms with Gasteiger partial charge in [0.25, 0.3) is 0 Å². The molecule has 3 aromatic rings. The van der Waals surface area contributed by atoms with Crippen molar-refractivity contribution in [3.05, 3.63) is 46.1 Å². The van der Waals surface area contributed by atoms with Gasteiger partial charge in [-0.05, 0) is 31.4 Å². The predicted octanol–water partition coefficient (Wildman–Crippen LogP) is 6.96. The van der Waals surface area contributed by atoms with E-state index < -0.39 is 0 Å². The summed E-state index contributed by atoms with van der Waals surface area (Å²) in [6.45, 7) is 0.542. The van der Waals surface area contributed by atoms with Gasteiger partial charge in [0.05, 0.1) is 53.3 Å². The fourth-order valence-electron chi connectivity index (χ4n) is 3.16. The van der Waals surface area contributed by atoms with Gasteiger partial charge in [0.1, 0.15) is 11.8 Å². The number of anilines is 2. The van der Waals surface area contributed by atoms with Gasteiger partial charge >= 0.3 is 0 Å². The van der Waals surface area contributed by atoms with Crippen molar-refractivity contribution in [1.29, 1.82) is 5.26 Å². The first kappa shape index (κ1) is 24.1. The molecule has 0 aliphatic rings. The van der Waals surface area contributed by atoms with Crippen molar-refractivity contribution in [2.45, 2.75) is 19.3 Å². The maximum atomic E-state index is 9.66. The lowest BCUT2D eigenvalue weighted by Crippen LogP contribution is -2.02. The summed E-state index contributed by atoms with van der Waals surface area (Å²) in [6, 6.07) is 9.01. The van der Waals surface area contributed by atoms with Gasteiger partial charge in [-0.15, -0.1) is 11.6 Å². The number of alkyl halides is 1. The summed E-state index contributed by atoms with van der Waals surface area (Å²) in [4.78, 5) is 4.42. The number of nitrogens with zero attached hydrogens (tertiary/aromatic N) is 2. The molecule has 0 atom stereocenters. The highest BCUT2D eigenvalue weighted by atomic mass is 35.5. The molecule has 0 amide bonds. The monoisotopic (exact) mass is 493 g/mol. The number of methoxy groups -OCH3 is 2. The molecule has 2 aromatic carbocycles. The van der Waals surface area contributed by atoms with E-state index in [1.54, 1.807) is 31.4 Å². The molecule has 168 valence electrons. The third-order valence-corrected chi connectivity index (χ3v) is 5.69. The molecule has 1 N–H and O–H groups in total. The molecular formula is C23H22Cl3N3O3. The van der Waals surface area contributed by atoms with Gasteiger partial charge in [-0.3, -0.25) is 4.98 Å². The number of unbranched alkanes of at least 4 members (excludes halogenated alkanes) is 2. The lowest BCUT2D eigenvalue weighted by Gasteiger charge is -2.16. The number of halogens is 3. The Balaban J connectivity index is 2.02. The van der Waals surface area contributed by atoms with Crippen LogP contribution in [-0.4, -0.2) is 31.7 Å². The summed E-state index contributed by atoms with van der Waals surface area (Å²) >= 11 is 18.2. The minimum atomic E-state index is 0.347. The zero-order valence-electron chi connectivity index (χ0n) is 17.7. The smallest absolute Gasteiger partial charge is 0.163 e. The minimum absolute atomic E-state index is 0.347. The number of nitriles is 1. The number of fused-ring (bicyclic) bond motifs is 1. The molecule has 0 fully saturated rings. The Labute approximate surface area is 202 Å². The van der Waals surface area contributed by atoms with Crippen molar-refractivity contribution in [3.63, 3.8) is 0 Å². The average molecular weight is 495 g/mol. The van der Waals surface area contributed by atoms with Crippen LogP contribution in [0.4, 0.5) is 11.4 Å². The highest BCUT2D eigenvalue weighted by Gasteiger charge is 2.16. The molecule has 0 saturated carbocycles. The zero-order chi connectivity index (χ0) is 23.1. The van der Waals surface area contributed by atoms with Crippen LogP contribution in [0.25, 0.3) is 10.9 Å². The molecule has 1 aromatic heterocycles. The highest BCUT2D eigenvalue weighted by molar-refractivity contribution is 6.37. The number of ether oxygens (including phenoxy) is 3. The van der Waals surface area contributed by atoms with Crippen LogP contribution in [0.15, 0.2) is 30.5 Å². The fraction of sp³-hybridized carbons (Fsp3) is 0.304. The maximum absolute atomic E-state index is 9.66. The van der Waals surface area contributed by atoms with Gasteiger partial charge in [-0.2, -0.15) is 5.26 Å². The van der Waals surface area contributed by atoms with E-state index in [1.165, 1.54) is 13.3 Å².